The third-order valence-electron chi connectivity index (χ3n) is 4.06. The fourth-order valence-electron chi connectivity index (χ4n) is 2.62. The summed E-state index contributed by atoms with van der Waals surface area (Å²) in [6.45, 7) is 0. The highest BCUT2D eigenvalue weighted by Gasteiger charge is 2.20. The van der Waals surface area contributed by atoms with Gasteiger partial charge in [0.2, 0.25) is 9.84 Å². The predicted octanol–water partition coefficient (Wildman–Crippen LogP) is 4.21. The Hall–Kier alpha value is -3.03. The van der Waals surface area contributed by atoms with Gasteiger partial charge >= 0.3 is 0 Å². The first-order valence-electron chi connectivity index (χ1n) is 8.36. The topological polar surface area (TPSA) is 86.0 Å². The van der Waals surface area contributed by atoms with E-state index in [2.05, 4.69) is 15.1 Å². The number of nitrogens with zero attached hydrogens (tertiary/aromatic N) is 3. The molecule has 140 valence electrons. The van der Waals surface area contributed by atoms with Crippen molar-refractivity contribution in [3.63, 3.8) is 0 Å². The van der Waals surface area contributed by atoms with Gasteiger partial charge in [0.15, 0.2) is 10.9 Å². The van der Waals surface area contributed by atoms with Crippen molar-refractivity contribution in [2.75, 3.05) is 0 Å². The minimum Gasteiger partial charge on any atom is -0.334 e. The van der Waals surface area contributed by atoms with E-state index in [1.54, 1.807) is 6.07 Å². The molecule has 28 heavy (non-hydrogen) atoms. The standard InChI is InChI=1S/C20H14ClN3O3S/c21-16-7-9-17(10-8-16)28(25,26)19-11-6-15(13-22-19)20-23-18(24-27-20)12-14-4-2-1-3-5-14/h1-11,13H,12H2. The van der Waals surface area contributed by atoms with Gasteiger partial charge in [-0.2, -0.15) is 4.98 Å². The molecule has 4 rings (SSSR count). The molecule has 0 N–H and O–H groups in total. The Morgan fingerprint density at radius 1 is 0.929 bits per heavy atom. The molecule has 2 aromatic heterocycles. The number of aromatic nitrogens is 3. The van der Waals surface area contributed by atoms with Crippen LogP contribution in [-0.4, -0.2) is 23.5 Å². The summed E-state index contributed by atoms with van der Waals surface area (Å²) in [5.41, 5.74) is 1.61. The lowest BCUT2D eigenvalue weighted by molar-refractivity contribution is 0.423. The van der Waals surface area contributed by atoms with E-state index < -0.39 is 9.84 Å². The van der Waals surface area contributed by atoms with Gasteiger partial charge < -0.3 is 4.52 Å². The lowest BCUT2D eigenvalue weighted by atomic mass is 10.1. The molecule has 0 radical (unpaired) electrons. The number of rotatable bonds is 5. The van der Waals surface area contributed by atoms with Gasteiger partial charge in [-0.3, -0.25) is 0 Å². The number of pyridine rings is 1. The summed E-state index contributed by atoms with van der Waals surface area (Å²) in [7, 11) is -3.73. The molecule has 0 amide bonds. The Kier molecular flexibility index (Phi) is 4.93. The molecule has 8 heteroatoms. The van der Waals surface area contributed by atoms with Crippen LogP contribution in [0.1, 0.15) is 11.4 Å². The predicted molar refractivity (Wildman–Crippen MR) is 104 cm³/mol. The number of benzene rings is 2. The van der Waals surface area contributed by atoms with Crippen molar-refractivity contribution < 1.29 is 12.9 Å². The summed E-state index contributed by atoms with van der Waals surface area (Å²) < 4.78 is 30.6. The summed E-state index contributed by atoms with van der Waals surface area (Å²) in [4.78, 5) is 8.55. The fraction of sp³-hybridized carbons (Fsp3) is 0.0500. The van der Waals surface area contributed by atoms with Gasteiger partial charge in [-0.15, -0.1) is 0 Å². The van der Waals surface area contributed by atoms with Crippen LogP contribution >= 0.6 is 11.6 Å². The number of hydrogen-bond acceptors (Lipinski definition) is 6. The highest BCUT2D eigenvalue weighted by atomic mass is 35.5. The lowest BCUT2D eigenvalue weighted by Gasteiger charge is -2.04. The van der Waals surface area contributed by atoms with Crippen LogP contribution in [0.25, 0.3) is 11.5 Å². The highest BCUT2D eigenvalue weighted by Crippen LogP contribution is 2.23. The molecule has 0 aliphatic heterocycles. The summed E-state index contributed by atoms with van der Waals surface area (Å²) in [6.07, 6.45) is 1.95. The van der Waals surface area contributed by atoms with E-state index in [9.17, 15) is 8.42 Å². The molecule has 0 aliphatic carbocycles. The van der Waals surface area contributed by atoms with E-state index in [1.165, 1.54) is 36.5 Å². The van der Waals surface area contributed by atoms with Crippen LogP contribution in [0.15, 0.2) is 87.4 Å². The maximum Gasteiger partial charge on any atom is 0.259 e. The zero-order valence-corrected chi connectivity index (χ0v) is 16.1. The molecule has 0 bridgehead atoms. The molecule has 2 aromatic carbocycles. The van der Waals surface area contributed by atoms with Crippen LogP contribution in [0, 0.1) is 0 Å². The third-order valence-corrected chi connectivity index (χ3v) is 5.99. The van der Waals surface area contributed by atoms with Crippen molar-refractivity contribution in [1.29, 1.82) is 0 Å². The van der Waals surface area contributed by atoms with E-state index in [1.807, 2.05) is 30.3 Å². The molecule has 0 saturated heterocycles. The summed E-state index contributed by atoms with van der Waals surface area (Å²) in [6, 6.07) is 18.7. The molecule has 6 nitrogen and oxygen atoms in total. The molecule has 0 fully saturated rings. The molecule has 0 atom stereocenters. The van der Waals surface area contributed by atoms with Crippen molar-refractivity contribution in [2.24, 2.45) is 0 Å². The van der Waals surface area contributed by atoms with Gasteiger partial charge in [0.25, 0.3) is 5.89 Å². The molecule has 2 heterocycles. The van der Waals surface area contributed by atoms with Crippen molar-refractivity contribution in [3.8, 4) is 11.5 Å². The van der Waals surface area contributed by atoms with Gasteiger partial charge in [0.05, 0.1) is 10.5 Å². The maximum absolute atomic E-state index is 12.6. The molecule has 0 unspecified atom stereocenters. The van der Waals surface area contributed by atoms with Crippen molar-refractivity contribution in [1.82, 2.24) is 15.1 Å². The zero-order chi connectivity index (χ0) is 19.6. The van der Waals surface area contributed by atoms with E-state index in [4.69, 9.17) is 16.1 Å². The van der Waals surface area contributed by atoms with Crippen LogP contribution in [0.5, 0.6) is 0 Å². The van der Waals surface area contributed by atoms with Crippen LogP contribution in [0.3, 0.4) is 0 Å². The Morgan fingerprint density at radius 2 is 1.68 bits per heavy atom. The van der Waals surface area contributed by atoms with Crippen molar-refractivity contribution >= 4 is 21.4 Å². The smallest absolute Gasteiger partial charge is 0.259 e. The van der Waals surface area contributed by atoms with Crippen molar-refractivity contribution in [2.45, 2.75) is 16.3 Å². The minimum atomic E-state index is -3.73. The summed E-state index contributed by atoms with van der Waals surface area (Å²) in [5, 5.41) is 4.37. The largest absolute Gasteiger partial charge is 0.334 e. The maximum atomic E-state index is 12.6. The second kappa shape index (κ2) is 7.53. The Morgan fingerprint density at radius 3 is 2.36 bits per heavy atom. The zero-order valence-electron chi connectivity index (χ0n) is 14.5. The van der Waals surface area contributed by atoms with Crippen LogP contribution < -0.4 is 0 Å². The third kappa shape index (κ3) is 3.81. The van der Waals surface area contributed by atoms with Crippen LogP contribution in [-0.2, 0) is 16.3 Å². The van der Waals surface area contributed by atoms with Gasteiger partial charge in [-0.05, 0) is 42.0 Å². The van der Waals surface area contributed by atoms with E-state index >= 15 is 0 Å². The van der Waals surface area contributed by atoms with E-state index in [-0.39, 0.29) is 15.8 Å². The van der Waals surface area contributed by atoms with Gasteiger partial charge in [0.1, 0.15) is 0 Å². The average Bonchev–Trinajstić information content (AvgIpc) is 3.18. The average molecular weight is 412 g/mol. The number of hydrogen-bond donors (Lipinski definition) is 0. The van der Waals surface area contributed by atoms with Crippen LogP contribution in [0.2, 0.25) is 5.02 Å². The molecular formula is C20H14ClN3O3S. The van der Waals surface area contributed by atoms with Crippen molar-refractivity contribution in [3.05, 3.63) is 89.3 Å². The second-order valence-electron chi connectivity index (χ2n) is 6.02. The Labute approximate surface area is 166 Å². The van der Waals surface area contributed by atoms with E-state index in [0.717, 1.165) is 5.56 Å². The number of halogens is 1. The normalized spacial score (nSPS) is 11.5. The first kappa shape index (κ1) is 18.3. The second-order valence-corrected chi connectivity index (χ2v) is 8.35. The quantitative estimate of drug-likeness (QED) is 0.489. The molecular weight excluding hydrogens is 398 g/mol. The highest BCUT2D eigenvalue weighted by molar-refractivity contribution is 7.91. The summed E-state index contributed by atoms with van der Waals surface area (Å²) >= 11 is 5.82. The van der Waals surface area contributed by atoms with Crippen LogP contribution in [0.4, 0.5) is 0 Å². The molecule has 4 aromatic rings. The minimum absolute atomic E-state index is 0.0670. The molecule has 0 aliphatic rings. The Bertz CT molecular complexity index is 1190. The lowest BCUT2D eigenvalue weighted by Crippen LogP contribution is -2.04. The van der Waals surface area contributed by atoms with Gasteiger partial charge in [-0.1, -0.05) is 47.1 Å². The molecule has 0 spiro atoms. The van der Waals surface area contributed by atoms with Gasteiger partial charge in [0, 0.05) is 17.6 Å². The molecule has 0 saturated carbocycles. The van der Waals surface area contributed by atoms with Gasteiger partial charge in [-0.25, -0.2) is 13.4 Å². The Balaban J connectivity index is 1.56. The number of sulfone groups is 1. The van der Waals surface area contributed by atoms with E-state index in [0.29, 0.717) is 22.8 Å². The fourth-order valence-corrected chi connectivity index (χ4v) is 3.92. The summed E-state index contributed by atoms with van der Waals surface area (Å²) in [5.74, 6) is 0.827. The monoisotopic (exact) mass is 411 g/mol. The first-order valence-corrected chi connectivity index (χ1v) is 10.2. The first-order chi connectivity index (χ1) is 13.5. The SMILES string of the molecule is O=S(=O)(c1ccc(Cl)cc1)c1ccc(-c2nc(Cc3ccccc3)no2)cn1.